The number of benzene rings is 1. The number of piperidine rings is 1. The second-order valence-corrected chi connectivity index (χ2v) is 7.46. The zero-order valence-electron chi connectivity index (χ0n) is 15.6. The van der Waals surface area contributed by atoms with E-state index in [1.54, 1.807) is 17.0 Å². The highest BCUT2D eigenvalue weighted by Crippen LogP contribution is 2.24. The lowest BCUT2D eigenvalue weighted by Crippen LogP contribution is -2.43. The SMILES string of the molecule is CSc1ccccc1NC(=O)C(=O)NCC1CCN(C(=O)c2ccoc2)CC1. The van der Waals surface area contributed by atoms with Crippen LogP contribution < -0.4 is 10.6 Å². The van der Waals surface area contributed by atoms with Crippen LogP contribution >= 0.6 is 11.8 Å². The zero-order chi connectivity index (χ0) is 19.9. The van der Waals surface area contributed by atoms with Crippen molar-refractivity contribution in [3.8, 4) is 0 Å². The number of carbonyl (C=O) groups excluding carboxylic acids is 3. The minimum absolute atomic E-state index is 0.0388. The number of likely N-dealkylation sites (tertiary alicyclic amines) is 1. The summed E-state index contributed by atoms with van der Waals surface area (Å²) in [7, 11) is 0. The van der Waals surface area contributed by atoms with Crippen LogP contribution in [0.5, 0.6) is 0 Å². The maximum absolute atomic E-state index is 12.3. The molecule has 1 aromatic heterocycles. The smallest absolute Gasteiger partial charge is 0.313 e. The highest BCUT2D eigenvalue weighted by atomic mass is 32.2. The summed E-state index contributed by atoms with van der Waals surface area (Å²) in [6.45, 7) is 1.67. The number of rotatable bonds is 5. The number of amides is 3. The first-order valence-electron chi connectivity index (χ1n) is 9.12. The van der Waals surface area contributed by atoms with Crippen molar-refractivity contribution in [2.24, 2.45) is 5.92 Å². The number of anilines is 1. The summed E-state index contributed by atoms with van der Waals surface area (Å²) in [6.07, 6.45) is 6.40. The minimum atomic E-state index is -0.672. The fourth-order valence-corrected chi connectivity index (χ4v) is 3.71. The van der Waals surface area contributed by atoms with Crippen molar-refractivity contribution < 1.29 is 18.8 Å². The van der Waals surface area contributed by atoms with Crippen LogP contribution in [0.15, 0.2) is 52.2 Å². The molecule has 28 heavy (non-hydrogen) atoms. The van der Waals surface area contributed by atoms with Crippen molar-refractivity contribution in [2.75, 3.05) is 31.2 Å². The van der Waals surface area contributed by atoms with E-state index in [2.05, 4.69) is 10.6 Å². The number of furan rings is 1. The van der Waals surface area contributed by atoms with Gasteiger partial charge in [0.15, 0.2) is 0 Å². The van der Waals surface area contributed by atoms with Gasteiger partial charge in [-0.15, -0.1) is 11.8 Å². The molecule has 0 spiro atoms. The highest BCUT2D eigenvalue weighted by molar-refractivity contribution is 7.98. The molecule has 1 aliphatic rings. The molecule has 8 heteroatoms. The third-order valence-electron chi connectivity index (χ3n) is 4.78. The van der Waals surface area contributed by atoms with E-state index in [0.29, 0.717) is 30.9 Å². The third-order valence-corrected chi connectivity index (χ3v) is 5.58. The number of nitrogens with one attached hydrogen (secondary N) is 2. The van der Waals surface area contributed by atoms with Gasteiger partial charge in [0.2, 0.25) is 0 Å². The van der Waals surface area contributed by atoms with Crippen molar-refractivity contribution in [1.82, 2.24) is 10.2 Å². The normalized spacial score (nSPS) is 14.5. The molecule has 0 saturated carbocycles. The summed E-state index contributed by atoms with van der Waals surface area (Å²) in [5.41, 5.74) is 1.18. The van der Waals surface area contributed by atoms with Crippen LogP contribution in [0.1, 0.15) is 23.2 Å². The molecule has 2 heterocycles. The Labute approximate surface area is 167 Å². The Morgan fingerprint density at radius 1 is 1.14 bits per heavy atom. The Bertz CT molecular complexity index is 830. The number of carbonyl (C=O) groups is 3. The van der Waals surface area contributed by atoms with Crippen LogP contribution in [-0.2, 0) is 9.59 Å². The average molecular weight is 401 g/mol. The Hall–Kier alpha value is -2.74. The van der Waals surface area contributed by atoms with Crippen LogP contribution in [-0.4, -0.2) is 48.5 Å². The van der Waals surface area contributed by atoms with Crippen molar-refractivity contribution in [3.63, 3.8) is 0 Å². The van der Waals surface area contributed by atoms with Gasteiger partial charge in [0.05, 0.1) is 17.5 Å². The lowest BCUT2D eigenvalue weighted by Gasteiger charge is -2.31. The van der Waals surface area contributed by atoms with Crippen LogP contribution in [0.4, 0.5) is 5.69 Å². The Kier molecular flexibility index (Phi) is 6.76. The summed E-state index contributed by atoms with van der Waals surface area (Å²) < 4.78 is 4.96. The van der Waals surface area contributed by atoms with Crippen LogP contribution in [0, 0.1) is 5.92 Å². The molecule has 1 saturated heterocycles. The van der Waals surface area contributed by atoms with Crippen LogP contribution in [0.2, 0.25) is 0 Å². The van der Waals surface area contributed by atoms with E-state index in [0.717, 1.165) is 17.7 Å². The van der Waals surface area contributed by atoms with Crippen molar-refractivity contribution >= 4 is 35.2 Å². The molecule has 0 atom stereocenters. The van der Waals surface area contributed by atoms with Gasteiger partial charge in [0.25, 0.3) is 5.91 Å². The highest BCUT2D eigenvalue weighted by Gasteiger charge is 2.25. The largest absolute Gasteiger partial charge is 0.472 e. The zero-order valence-corrected chi connectivity index (χ0v) is 16.5. The van der Waals surface area contributed by atoms with Crippen molar-refractivity contribution in [1.29, 1.82) is 0 Å². The van der Waals surface area contributed by atoms with Gasteiger partial charge < -0.3 is 20.0 Å². The van der Waals surface area contributed by atoms with E-state index in [-0.39, 0.29) is 11.8 Å². The van der Waals surface area contributed by atoms with Crippen LogP contribution in [0.25, 0.3) is 0 Å². The molecule has 0 aliphatic carbocycles. The molecule has 7 nitrogen and oxygen atoms in total. The van der Waals surface area contributed by atoms with E-state index >= 15 is 0 Å². The van der Waals surface area contributed by atoms with Gasteiger partial charge in [-0.3, -0.25) is 14.4 Å². The molecule has 3 rings (SSSR count). The molecule has 0 unspecified atom stereocenters. The summed E-state index contributed by atoms with van der Waals surface area (Å²) in [5, 5.41) is 5.36. The van der Waals surface area contributed by atoms with Gasteiger partial charge >= 0.3 is 11.8 Å². The van der Waals surface area contributed by atoms with E-state index in [1.165, 1.54) is 24.3 Å². The molecule has 3 amide bonds. The summed E-state index contributed by atoms with van der Waals surface area (Å²) in [6, 6.07) is 9.00. The molecule has 2 aromatic rings. The maximum Gasteiger partial charge on any atom is 0.313 e. The van der Waals surface area contributed by atoms with Gasteiger partial charge in [0.1, 0.15) is 6.26 Å². The number of hydrogen-bond donors (Lipinski definition) is 2. The van der Waals surface area contributed by atoms with Gasteiger partial charge in [-0.2, -0.15) is 0 Å². The first-order chi connectivity index (χ1) is 13.6. The molecule has 1 aliphatic heterocycles. The fraction of sp³-hybridized carbons (Fsp3) is 0.350. The number of para-hydroxylation sites is 1. The minimum Gasteiger partial charge on any atom is -0.472 e. The van der Waals surface area contributed by atoms with Crippen molar-refractivity contribution in [2.45, 2.75) is 17.7 Å². The molecule has 0 bridgehead atoms. The van der Waals surface area contributed by atoms with Gasteiger partial charge in [0, 0.05) is 24.5 Å². The van der Waals surface area contributed by atoms with Gasteiger partial charge in [-0.1, -0.05) is 12.1 Å². The molecular formula is C20H23N3O4S. The monoisotopic (exact) mass is 401 g/mol. The maximum atomic E-state index is 12.3. The number of thioether (sulfide) groups is 1. The Balaban J connectivity index is 1.43. The summed E-state index contributed by atoms with van der Waals surface area (Å²) >= 11 is 1.50. The van der Waals surface area contributed by atoms with E-state index in [4.69, 9.17) is 4.42 Å². The molecule has 0 radical (unpaired) electrons. The first kappa shape index (κ1) is 20.0. The molecule has 2 N–H and O–H groups in total. The van der Waals surface area contributed by atoms with Gasteiger partial charge in [-0.25, -0.2) is 0 Å². The molecule has 148 valence electrons. The Morgan fingerprint density at radius 3 is 2.57 bits per heavy atom. The predicted octanol–water partition coefficient (Wildman–Crippen LogP) is 2.61. The summed E-state index contributed by atoms with van der Waals surface area (Å²) in [4.78, 5) is 39.2. The second-order valence-electron chi connectivity index (χ2n) is 6.61. The number of nitrogens with zero attached hydrogens (tertiary/aromatic N) is 1. The lowest BCUT2D eigenvalue weighted by atomic mass is 9.96. The van der Waals surface area contributed by atoms with Crippen LogP contribution in [0.3, 0.4) is 0 Å². The van der Waals surface area contributed by atoms with E-state index in [9.17, 15) is 14.4 Å². The van der Waals surface area contributed by atoms with Gasteiger partial charge in [-0.05, 0) is 43.2 Å². The fourth-order valence-electron chi connectivity index (χ4n) is 3.15. The quantitative estimate of drug-likeness (QED) is 0.594. The molecule has 1 fully saturated rings. The lowest BCUT2D eigenvalue weighted by molar-refractivity contribution is -0.136. The summed E-state index contributed by atoms with van der Waals surface area (Å²) in [5.74, 6) is -1.12. The Morgan fingerprint density at radius 2 is 1.89 bits per heavy atom. The van der Waals surface area contributed by atoms with Crippen molar-refractivity contribution in [3.05, 3.63) is 48.4 Å². The average Bonchev–Trinajstić information content (AvgIpc) is 3.27. The predicted molar refractivity (Wildman–Crippen MR) is 107 cm³/mol. The third kappa shape index (κ3) is 4.95. The number of hydrogen-bond acceptors (Lipinski definition) is 5. The first-order valence-corrected chi connectivity index (χ1v) is 10.3. The standard InChI is InChI=1S/C20H23N3O4S/c1-28-17-5-3-2-4-16(17)22-19(25)18(24)21-12-14-6-9-23(10-7-14)20(26)15-8-11-27-13-15/h2-5,8,11,13-14H,6-7,9-10,12H2,1H3,(H,21,24)(H,22,25). The topological polar surface area (TPSA) is 91.7 Å². The second kappa shape index (κ2) is 9.45. The molecule has 1 aromatic carbocycles. The molecular weight excluding hydrogens is 378 g/mol. The van der Waals surface area contributed by atoms with E-state index in [1.807, 2.05) is 24.5 Å². The van der Waals surface area contributed by atoms with E-state index < -0.39 is 11.8 Å².